The van der Waals surface area contributed by atoms with Gasteiger partial charge in [0, 0.05) is 40.5 Å². The summed E-state index contributed by atoms with van der Waals surface area (Å²) in [6.07, 6.45) is 8.50. The number of halogens is 4. The number of ether oxygens (including phenoxy) is 13. The van der Waals surface area contributed by atoms with Gasteiger partial charge in [-0.1, -0.05) is 127 Å². The summed E-state index contributed by atoms with van der Waals surface area (Å²) in [6, 6.07) is 22.6. The Morgan fingerprint density at radius 3 is 1.40 bits per heavy atom. The number of hydrogen-bond acceptors (Lipinski definition) is 19. The van der Waals surface area contributed by atoms with Gasteiger partial charge in [0.1, 0.15) is 58.5 Å². The van der Waals surface area contributed by atoms with Crippen LogP contribution in [0.4, 0.5) is 17.6 Å². The van der Waals surface area contributed by atoms with Crippen molar-refractivity contribution in [3.63, 3.8) is 0 Å². The first-order chi connectivity index (χ1) is 47.2. The number of carboxylic acids is 1. The van der Waals surface area contributed by atoms with Gasteiger partial charge in [-0.2, -0.15) is 17.6 Å². The van der Waals surface area contributed by atoms with Gasteiger partial charge in [0.15, 0.2) is 33.5 Å². The highest BCUT2D eigenvalue weighted by Gasteiger charge is 2.47. The van der Waals surface area contributed by atoms with E-state index in [0.717, 1.165) is 18.2 Å². The maximum atomic E-state index is 13.6. The quantitative estimate of drug-likeness (QED) is 0.0109. The van der Waals surface area contributed by atoms with Crippen molar-refractivity contribution < 1.29 is 113 Å². The van der Waals surface area contributed by atoms with E-state index in [1.807, 2.05) is 25.1 Å². The predicted octanol–water partition coefficient (Wildman–Crippen LogP) is 16.2. The second kappa shape index (κ2) is 38.3. The summed E-state index contributed by atoms with van der Waals surface area (Å²) in [5.41, 5.74) is 0.724. The fourth-order valence-corrected chi connectivity index (χ4v) is 12.4. The fraction of sp³-hybridized carbons (Fsp3) is 0.520. The van der Waals surface area contributed by atoms with Gasteiger partial charge < -0.3 is 76.2 Å². The van der Waals surface area contributed by atoms with Gasteiger partial charge in [-0.25, -0.2) is 19.2 Å². The Morgan fingerprint density at radius 1 is 0.594 bits per heavy atom. The average molecular weight is 1460 g/mol. The molecule has 2 unspecified atom stereocenters. The van der Waals surface area contributed by atoms with E-state index < -0.39 is 108 Å². The summed E-state index contributed by atoms with van der Waals surface area (Å²) < 4.78 is 132. The van der Waals surface area contributed by atoms with E-state index >= 15 is 0 Å². The second-order valence-corrected chi connectivity index (χ2v) is 38.6. The Bertz CT molecular complexity index is 3420. The van der Waals surface area contributed by atoms with E-state index in [9.17, 15) is 47.0 Å². The van der Waals surface area contributed by atoms with Gasteiger partial charge in [0.2, 0.25) is 0 Å². The number of aliphatic hydroxyl groups is 1. The lowest BCUT2D eigenvalue weighted by molar-refractivity contribution is -0.153. The molecule has 0 bridgehead atoms. The zero-order valence-corrected chi connectivity index (χ0v) is 63.1. The maximum Gasteiger partial charge on any atom is 0.387 e. The second-order valence-electron chi connectivity index (χ2n) is 28.2. The number of carbonyl (C=O) groups is 4. The van der Waals surface area contributed by atoms with Crippen molar-refractivity contribution in [1.82, 2.24) is 0 Å². The molecule has 26 heteroatoms. The van der Waals surface area contributed by atoms with Crippen LogP contribution < -0.4 is 18.9 Å². The minimum atomic E-state index is -3.15. The topological polar surface area (TPSA) is 238 Å². The Hall–Kier alpha value is -7.25. The molecule has 0 spiro atoms. The number of alkyl halides is 4. The number of carbonyl (C=O) groups excluding carboxylic acids is 3. The molecule has 10 atom stereocenters. The molecule has 558 valence electrons. The Morgan fingerprint density at radius 2 is 1.01 bits per heavy atom. The molecule has 4 aromatic carbocycles. The van der Waals surface area contributed by atoms with Crippen molar-refractivity contribution in [3.05, 3.63) is 155 Å². The van der Waals surface area contributed by atoms with E-state index in [0.29, 0.717) is 11.1 Å². The third-order valence-electron chi connectivity index (χ3n) is 16.8. The van der Waals surface area contributed by atoms with Gasteiger partial charge in [0.05, 0.1) is 36.0 Å². The molecule has 2 saturated heterocycles. The number of benzene rings is 4. The standard InChI is InChI=1S/C43H64F2O10Si2.C32H38F2O10/c1-29(30(2)55-57(12,13)42(3,4)5)22-23-34(52-39(46)31-18-15-14-16-19-31)38-35(53-43(6,7)54-38)21-17-20-32-26-33(51-41(44)45)27-36(50-28-48-8)37(32)40(47)49-24-25-56(9,10)11;1-19(20(2)35)14-15-24(42-30(38)21-10-7-6-8-11-21)28-25(43-32(3,4)44-28)13-9-12-22-16-23(41-31(33)34)17-26(40-18-39-5)27(22)29(36)37/h14-20,22-23,26-27,29-30,34-35,38,41H,21,24-25,28H2,1-13H3;6-12,14-17,19-20,24-25,28,31,35H,13,18H2,1-5H3,(H,36,37)/b20-17+,23-22-;12-9+,15-14-/t29-,30+,34?,35+,38-;19-,20+,24?,25+,28-/m11/s1. The summed E-state index contributed by atoms with van der Waals surface area (Å²) in [6.45, 7) is 25.4. The lowest BCUT2D eigenvalue weighted by Gasteiger charge is -2.39. The highest BCUT2D eigenvalue weighted by molar-refractivity contribution is 6.76. The molecule has 0 amide bonds. The van der Waals surface area contributed by atoms with E-state index in [1.165, 1.54) is 32.4 Å². The number of aliphatic hydroxyl groups excluding tert-OH is 1. The van der Waals surface area contributed by atoms with E-state index in [2.05, 4.69) is 72.1 Å². The van der Waals surface area contributed by atoms with Crippen LogP contribution in [0.5, 0.6) is 23.0 Å². The van der Waals surface area contributed by atoms with Gasteiger partial charge in [-0.15, -0.1) is 0 Å². The summed E-state index contributed by atoms with van der Waals surface area (Å²) in [4.78, 5) is 52.2. The molecule has 0 aliphatic carbocycles. The van der Waals surface area contributed by atoms with Crippen molar-refractivity contribution in [2.75, 3.05) is 34.4 Å². The van der Waals surface area contributed by atoms with Gasteiger partial charge in [-0.3, -0.25) is 0 Å². The van der Waals surface area contributed by atoms with Crippen LogP contribution in [0, 0.1) is 11.8 Å². The van der Waals surface area contributed by atoms with Crippen LogP contribution in [0.25, 0.3) is 12.2 Å². The third kappa shape index (κ3) is 27.1. The molecule has 2 heterocycles. The molecule has 6 rings (SSSR count). The van der Waals surface area contributed by atoms with Crippen LogP contribution in [-0.4, -0.2) is 159 Å². The molecular weight excluding hydrogens is 1350 g/mol. The number of hydrogen-bond donors (Lipinski definition) is 2. The number of methoxy groups -OCH3 is 2. The molecular formula is C75H102F4O20Si2. The molecule has 0 radical (unpaired) electrons. The summed E-state index contributed by atoms with van der Waals surface area (Å²) in [7, 11) is -0.877. The van der Waals surface area contributed by atoms with E-state index in [-0.39, 0.29) is 101 Å². The summed E-state index contributed by atoms with van der Waals surface area (Å²) in [5, 5.41) is 19.9. The minimum Gasteiger partial charge on any atom is -0.478 e. The molecule has 2 fully saturated rings. The average Bonchev–Trinajstić information content (AvgIpc) is 1.78. The van der Waals surface area contributed by atoms with Crippen molar-refractivity contribution in [1.29, 1.82) is 0 Å². The zero-order valence-electron chi connectivity index (χ0n) is 61.1. The van der Waals surface area contributed by atoms with Crippen LogP contribution in [0.1, 0.15) is 142 Å². The number of rotatable bonds is 35. The van der Waals surface area contributed by atoms with Crippen molar-refractivity contribution in [3.8, 4) is 23.0 Å². The van der Waals surface area contributed by atoms with E-state index in [1.54, 1.807) is 120 Å². The fourth-order valence-electron chi connectivity index (χ4n) is 10.2. The lowest BCUT2D eigenvalue weighted by atomic mass is 9.99. The normalized spacial score (nSPS) is 19.6. The van der Waals surface area contributed by atoms with Crippen molar-refractivity contribution in [2.45, 2.75) is 206 Å². The maximum absolute atomic E-state index is 13.6. The van der Waals surface area contributed by atoms with Crippen LogP contribution in [0.15, 0.2) is 121 Å². The summed E-state index contributed by atoms with van der Waals surface area (Å²) in [5.74, 6) is -6.33. The molecule has 2 aliphatic rings. The molecule has 2 aliphatic heterocycles. The van der Waals surface area contributed by atoms with Crippen molar-refractivity contribution >= 4 is 52.4 Å². The first-order valence-electron chi connectivity index (χ1n) is 33.4. The highest BCUT2D eigenvalue weighted by atomic mass is 28.4. The molecule has 101 heavy (non-hydrogen) atoms. The number of carboxylic acid groups (broad SMARTS) is 1. The summed E-state index contributed by atoms with van der Waals surface area (Å²) >= 11 is 0. The first-order valence-corrected chi connectivity index (χ1v) is 40.0. The van der Waals surface area contributed by atoms with Crippen LogP contribution in [0.2, 0.25) is 43.8 Å². The Labute approximate surface area is 593 Å². The molecule has 4 aromatic rings. The number of esters is 3. The van der Waals surface area contributed by atoms with Crippen molar-refractivity contribution in [2.24, 2.45) is 11.8 Å². The van der Waals surface area contributed by atoms with Crippen LogP contribution in [-0.2, 0) is 47.1 Å². The number of aromatic carboxylic acids is 1. The highest BCUT2D eigenvalue weighted by Crippen LogP contribution is 2.41. The molecule has 0 saturated carbocycles. The van der Waals surface area contributed by atoms with Gasteiger partial charge >= 0.3 is 37.1 Å². The van der Waals surface area contributed by atoms with Gasteiger partial charge in [-0.05, 0) is 150 Å². The Kier molecular flexibility index (Phi) is 32.0. The molecule has 2 N–H and O–H groups in total. The predicted molar refractivity (Wildman–Crippen MR) is 379 cm³/mol. The molecule has 20 nitrogen and oxygen atoms in total. The minimum absolute atomic E-state index is 0.0292. The SMILES string of the molecule is COCOc1cc(OC(F)F)cc(/C=C/C[C@@H]2OC(C)(C)O[C@@H]2C(/C=C\[C@@H](C)[C@H](C)O)OC(=O)c2ccccc2)c1C(=O)O.COCOc1cc(OC(F)F)cc(/C=C/C[C@@H]2OC(C)(C)O[C@@H]2C(/C=C\[C@@H](C)[C@H](C)O[Si](C)(C)C(C)(C)C)OC(=O)c2ccccc2)c1C(=O)OCC[Si](C)(C)C. The monoisotopic (exact) mass is 1450 g/mol. The zero-order chi connectivity index (χ0) is 75.2. The lowest BCUT2D eigenvalue weighted by Crippen LogP contribution is -2.44. The van der Waals surface area contributed by atoms with Crippen LogP contribution in [0.3, 0.4) is 0 Å². The largest absolute Gasteiger partial charge is 0.478 e. The van der Waals surface area contributed by atoms with Crippen LogP contribution >= 0.6 is 0 Å². The third-order valence-corrected chi connectivity index (χ3v) is 23.0. The Balaban J connectivity index is 0.000000376. The van der Waals surface area contributed by atoms with E-state index in [4.69, 9.17) is 61.3 Å². The van der Waals surface area contributed by atoms with Gasteiger partial charge in [0.25, 0.3) is 0 Å². The first kappa shape index (κ1) is 84.4. The molecule has 0 aromatic heterocycles. The smallest absolute Gasteiger partial charge is 0.387 e.